The molecule has 0 bridgehead atoms. The van der Waals surface area contributed by atoms with Crippen LogP contribution in [0.15, 0.2) is 39.4 Å². The Morgan fingerprint density at radius 1 is 1.32 bits per heavy atom. The van der Waals surface area contributed by atoms with E-state index in [0.29, 0.717) is 15.6 Å². The third kappa shape index (κ3) is 2.69. The van der Waals surface area contributed by atoms with E-state index in [0.717, 1.165) is 15.4 Å². The highest BCUT2D eigenvalue weighted by Gasteiger charge is 2.22. The van der Waals surface area contributed by atoms with E-state index in [2.05, 4.69) is 37.0 Å². The smallest absolute Gasteiger partial charge is 0.124 e. The van der Waals surface area contributed by atoms with Crippen LogP contribution in [-0.4, -0.2) is 14.9 Å². The first-order chi connectivity index (χ1) is 10.4. The van der Waals surface area contributed by atoms with Crippen molar-refractivity contribution in [3.63, 3.8) is 0 Å². The summed E-state index contributed by atoms with van der Waals surface area (Å²) in [7, 11) is 1.83. The number of fused-ring (bicyclic) bond motifs is 1. The van der Waals surface area contributed by atoms with Crippen LogP contribution in [0.5, 0.6) is 0 Å². The van der Waals surface area contributed by atoms with Crippen molar-refractivity contribution in [3.05, 3.63) is 61.4 Å². The molecule has 1 unspecified atom stereocenters. The maximum atomic E-state index is 13.2. The number of benzene rings is 2. The molecule has 0 fully saturated rings. The second kappa shape index (κ2) is 5.92. The molecule has 3 aromatic rings. The van der Waals surface area contributed by atoms with Gasteiger partial charge in [-0.15, -0.1) is 0 Å². The summed E-state index contributed by atoms with van der Waals surface area (Å²) in [6, 6.07) is 5.77. The first-order valence-electron chi connectivity index (χ1n) is 6.32. The van der Waals surface area contributed by atoms with Gasteiger partial charge in [0.1, 0.15) is 11.9 Å². The van der Waals surface area contributed by atoms with Gasteiger partial charge >= 0.3 is 0 Å². The molecule has 0 saturated heterocycles. The fourth-order valence-corrected chi connectivity index (χ4v) is 4.26. The Labute approximate surface area is 148 Å². The standard InChI is InChI=1S/C15H10Br2ClFN2O/c1-21-6-9-12(20-21)5-10(16)13(14(9)17)15(22)8-3-2-7(19)4-11(8)18/h2-6,15,22H,1H3. The van der Waals surface area contributed by atoms with Crippen LogP contribution in [0.25, 0.3) is 10.9 Å². The molecule has 1 heterocycles. The zero-order valence-electron chi connectivity index (χ0n) is 11.3. The molecule has 0 aliphatic carbocycles. The fourth-order valence-electron chi connectivity index (χ4n) is 2.36. The van der Waals surface area contributed by atoms with Gasteiger partial charge in [0.25, 0.3) is 0 Å². The predicted molar refractivity (Wildman–Crippen MR) is 91.6 cm³/mol. The highest BCUT2D eigenvalue weighted by Crippen LogP contribution is 2.40. The number of nitrogens with zero attached hydrogens (tertiary/aromatic N) is 2. The second-order valence-corrected chi connectivity index (χ2v) is 6.94. The lowest BCUT2D eigenvalue weighted by atomic mass is 10.00. The minimum Gasteiger partial charge on any atom is -0.384 e. The van der Waals surface area contributed by atoms with Crippen molar-refractivity contribution >= 4 is 54.4 Å². The lowest BCUT2D eigenvalue weighted by Gasteiger charge is -2.17. The first-order valence-corrected chi connectivity index (χ1v) is 8.29. The number of aromatic nitrogens is 2. The van der Waals surface area contributed by atoms with Crippen molar-refractivity contribution in [1.29, 1.82) is 0 Å². The van der Waals surface area contributed by atoms with E-state index in [-0.39, 0.29) is 5.02 Å². The van der Waals surface area contributed by atoms with E-state index in [1.807, 2.05) is 19.3 Å². The van der Waals surface area contributed by atoms with Crippen LogP contribution in [0.1, 0.15) is 17.2 Å². The zero-order chi connectivity index (χ0) is 16.0. The van der Waals surface area contributed by atoms with Crippen molar-refractivity contribution in [2.45, 2.75) is 6.10 Å². The molecule has 0 spiro atoms. The summed E-state index contributed by atoms with van der Waals surface area (Å²) in [6.07, 6.45) is 0.857. The molecule has 2 aromatic carbocycles. The minimum absolute atomic E-state index is 0.178. The molecule has 1 aromatic heterocycles. The monoisotopic (exact) mass is 446 g/mol. The van der Waals surface area contributed by atoms with E-state index in [4.69, 9.17) is 11.6 Å². The summed E-state index contributed by atoms with van der Waals surface area (Å²) in [5.74, 6) is -0.443. The molecular formula is C15H10Br2ClFN2O. The lowest BCUT2D eigenvalue weighted by Crippen LogP contribution is -2.03. The Morgan fingerprint density at radius 2 is 2.05 bits per heavy atom. The van der Waals surface area contributed by atoms with Gasteiger partial charge in [-0.3, -0.25) is 4.68 Å². The van der Waals surface area contributed by atoms with Crippen molar-refractivity contribution < 1.29 is 9.50 Å². The Balaban J connectivity index is 2.20. The number of aliphatic hydroxyl groups excluding tert-OH is 1. The van der Waals surface area contributed by atoms with Gasteiger partial charge in [0.15, 0.2) is 0 Å². The average molecular weight is 449 g/mol. The fraction of sp³-hybridized carbons (Fsp3) is 0.133. The van der Waals surface area contributed by atoms with Crippen molar-refractivity contribution in [3.8, 4) is 0 Å². The SMILES string of the molecule is Cn1cc2c(Br)c(C(O)c3ccc(F)cc3Cl)c(Br)cc2n1. The molecule has 1 N–H and O–H groups in total. The second-order valence-electron chi connectivity index (χ2n) is 4.89. The van der Waals surface area contributed by atoms with Crippen LogP contribution in [0.3, 0.4) is 0 Å². The summed E-state index contributed by atoms with van der Waals surface area (Å²) in [5.41, 5.74) is 1.85. The van der Waals surface area contributed by atoms with E-state index < -0.39 is 11.9 Å². The molecule has 0 aliphatic rings. The van der Waals surface area contributed by atoms with Crippen molar-refractivity contribution in [1.82, 2.24) is 9.78 Å². The number of rotatable bonds is 2. The normalized spacial score (nSPS) is 12.8. The highest BCUT2D eigenvalue weighted by atomic mass is 79.9. The van der Waals surface area contributed by atoms with E-state index >= 15 is 0 Å². The maximum Gasteiger partial charge on any atom is 0.124 e. The molecular weight excluding hydrogens is 438 g/mol. The quantitative estimate of drug-likeness (QED) is 0.601. The van der Waals surface area contributed by atoms with Gasteiger partial charge in [-0.25, -0.2) is 4.39 Å². The molecule has 0 radical (unpaired) electrons. The molecule has 7 heteroatoms. The van der Waals surface area contributed by atoms with Gasteiger partial charge in [-0.2, -0.15) is 5.10 Å². The summed E-state index contributed by atoms with van der Waals surface area (Å²) in [6.45, 7) is 0. The Morgan fingerprint density at radius 3 is 2.73 bits per heavy atom. The molecule has 22 heavy (non-hydrogen) atoms. The average Bonchev–Trinajstić information content (AvgIpc) is 2.79. The van der Waals surface area contributed by atoms with Crippen LogP contribution in [0.2, 0.25) is 5.02 Å². The van der Waals surface area contributed by atoms with Crippen LogP contribution < -0.4 is 0 Å². The maximum absolute atomic E-state index is 13.2. The third-order valence-corrected chi connectivity index (χ3v) is 5.22. The Bertz CT molecular complexity index is 882. The summed E-state index contributed by atoms with van der Waals surface area (Å²) < 4.78 is 16.3. The molecule has 114 valence electrons. The third-order valence-electron chi connectivity index (χ3n) is 3.38. The van der Waals surface area contributed by atoms with Crippen LogP contribution >= 0.6 is 43.5 Å². The van der Waals surface area contributed by atoms with Crippen molar-refractivity contribution in [2.24, 2.45) is 7.05 Å². The largest absolute Gasteiger partial charge is 0.384 e. The number of hydrogen-bond donors (Lipinski definition) is 1. The molecule has 3 nitrogen and oxygen atoms in total. The first kappa shape index (κ1) is 15.9. The van der Waals surface area contributed by atoms with Crippen LogP contribution in [0.4, 0.5) is 4.39 Å². The number of aliphatic hydroxyl groups is 1. The number of halogens is 4. The topological polar surface area (TPSA) is 38.0 Å². The summed E-state index contributed by atoms with van der Waals surface area (Å²) >= 11 is 13.0. The van der Waals surface area contributed by atoms with E-state index in [9.17, 15) is 9.50 Å². The van der Waals surface area contributed by atoms with Gasteiger partial charge in [-0.1, -0.05) is 33.6 Å². The van der Waals surface area contributed by atoms with Gasteiger partial charge in [0.2, 0.25) is 0 Å². The predicted octanol–water partition coefficient (Wildman–Crippen LogP) is 4.97. The highest BCUT2D eigenvalue weighted by molar-refractivity contribution is 9.11. The number of aryl methyl sites for hydroxylation is 1. The molecule has 0 amide bonds. The Hall–Kier alpha value is -0.950. The molecule has 1 atom stereocenters. The molecule has 0 aliphatic heterocycles. The molecule has 3 rings (SSSR count). The lowest BCUT2D eigenvalue weighted by molar-refractivity contribution is 0.219. The van der Waals surface area contributed by atoms with E-state index in [1.165, 1.54) is 18.2 Å². The van der Waals surface area contributed by atoms with Gasteiger partial charge in [0.05, 0.1) is 5.52 Å². The molecule has 0 saturated carbocycles. The van der Waals surface area contributed by atoms with Gasteiger partial charge in [0, 0.05) is 43.7 Å². The van der Waals surface area contributed by atoms with E-state index in [1.54, 1.807) is 4.68 Å². The van der Waals surface area contributed by atoms with Crippen molar-refractivity contribution in [2.75, 3.05) is 0 Å². The minimum atomic E-state index is -0.999. The van der Waals surface area contributed by atoms with Crippen LogP contribution in [0, 0.1) is 5.82 Å². The van der Waals surface area contributed by atoms with Crippen LogP contribution in [-0.2, 0) is 7.05 Å². The summed E-state index contributed by atoms with van der Waals surface area (Å²) in [5, 5.41) is 16.1. The summed E-state index contributed by atoms with van der Waals surface area (Å²) in [4.78, 5) is 0. The van der Waals surface area contributed by atoms with Gasteiger partial charge < -0.3 is 5.11 Å². The zero-order valence-corrected chi connectivity index (χ0v) is 15.2. The number of hydrogen-bond acceptors (Lipinski definition) is 2. The van der Waals surface area contributed by atoms with Gasteiger partial charge in [-0.05, 0) is 34.1 Å². The Kier molecular flexibility index (Phi) is 4.29.